The van der Waals surface area contributed by atoms with Gasteiger partial charge >= 0.3 is 6.18 Å². The van der Waals surface area contributed by atoms with Crippen molar-refractivity contribution in [2.24, 2.45) is 5.41 Å². The molecule has 0 spiro atoms. The fourth-order valence-electron chi connectivity index (χ4n) is 6.98. The van der Waals surface area contributed by atoms with Crippen molar-refractivity contribution in [2.45, 2.75) is 70.1 Å². The fourth-order valence-corrected chi connectivity index (χ4v) is 6.98. The van der Waals surface area contributed by atoms with Gasteiger partial charge < -0.3 is 10.0 Å². The molecule has 8 nitrogen and oxygen atoms in total. The molecule has 39 heavy (non-hydrogen) atoms. The lowest BCUT2D eigenvalue weighted by Gasteiger charge is -2.46. The molecule has 1 aromatic heterocycles. The van der Waals surface area contributed by atoms with Gasteiger partial charge in [-0.2, -0.15) is 17.7 Å². The Morgan fingerprint density at radius 3 is 2.54 bits per heavy atom. The lowest BCUT2D eigenvalue weighted by molar-refractivity contribution is -0.706. The lowest BCUT2D eigenvalue weighted by atomic mass is 9.66. The van der Waals surface area contributed by atoms with Crippen molar-refractivity contribution in [3.63, 3.8) is 0 Å². The Bertz CT molecular complexity index is 1380. The van der Waals surface area contributed by atoms with Crippen LogP contribution >= 0.6 is 0 Å². The first kappa shape index (κ1) is 25.9. The molecule has 1 aromatic carbocycles. The fraction of sp³-hybridized carbons (Fsp3) is 0.500. The van der Waals surface area contributed by atoms with E-state index < -0.39 is 34.7 Å². The van der Waals surface area contributed by atoms with E-state index in [1.165, 1.54) is 17.0 Å². The predicted molar refractivity (Wildman–Crippen MR) is 131 cm³/mol. The number of hydrogen-bond donors (Lipinski definition) is 2. The second-order valence-corrected chi connectivity index (χ2v) is 11.2. The van der Waals surface area contributed by atoms with E-state index in [1.54, 1.807) is 6.07 Å². The molecule has 2 saturated heterocycles. The van der Waals surface area contributed by atoms with Gasteiger partial charge in [-0.15, -0.1) is 0 Å². The summed E-state index contributed by atoms with van der Waals surface area (Å²) in [6.07, 6.45) is -2.82. The summed E-state index contributed by atoms with van der Waals surface area (Å²) < 4.78 is 41.0. The van der Waals surface area contributed by atoms with E-state index in [9.17, 15) is 32.7 Å². The van der Waals surface area contributed by atoms with Crippen molar-refractivity contribution in [3.05, 3.63) is 64.5 Å². The number of amides is 3. The van der Waals surface area contributed by atoms with Crippen LogP contribution in [0.5, 0.6) is 0 Å². The van der Waals surface area contributed by atoms with Crippen LogP contribution in [-0.4, -0.2) is 51.8 Å². The standard InChI is InChI=1S/C28H29F3N4O4/c1-2-26-15-33(13-17-3-5-18(6-4-17)28(29,30)31)12-11-27(26,39)22-9-7-19-21(35(22)16-26)14-34(25(19)38)20-8-10-23(36)32-24(20)37/h3-7,9,20,39H,2,8,10-16H2,1H3/p+1. The van der Waals surface area contributed by atoms with Crippen LogP contribution in [0.15, 0.2) is 36.4 Å². The number of nitrogens with one attached hydrogen (secondary N) is 1. The Balaban J connectivity index is 1.26. The third-order valence-corrected chi connectivity index (χ3v) is 9.18. The number of imide groups is 1. The topological polar surface area (TPSA) is 93.8 Å². The van der Waals surface area contributed by atoms with E-state index >= 15 is 0 Å². The smallest absolute Gasteiger partial charge is 0.378 e. The summed E-state index contributed by atoms with van der Waals surface area (Å²) in [6.45, 7) is 4.31. The summed E-state index contributed by atoms with van der Waals surface area (Å²) in [5, 5.41) is 14.5. The van der Waals surface area contributed by atoms with Crippen LogP contribution in [0.1, 0.15) is 65.5 Å². The monoisotopic (exact) mass is 543 g/mol. The van der Waals surface area contributed by atoms with Crippen molar-refractivity contribution in [2.75, 3.05) is 13.1 Å². The third-order valence-electron chi connectivity index (χ3n) is 9.18. The molecule has 4 aliphatic heterocycles. The highest BCUT2D eigenvalue weighted by molar-refractivity contribution is 6.05. The molecule has 2 N–H and O–H groups in total. The van der Waals surface area contributed by atoms with Crippen molar-refractivity contribution >= 4 is 17.7 Å². The molecule has 206 valence electrons. The summed E-state index contributed by atoms with van der Waals surface area (Å²) in [5.41, 5.74) is 0.417. The predicted octanol–water partition coefficient (Wildman–Crippen LogP) is 2.26. The van der Waals surface area contributed by atoms with Gasteiger partial charge in [0.1, 0.15) is 18.2 Å². The molecule has 5 heterocycles. The van der Waals surface area contributed by atoms with Gasteiger partial charge in [0.2, 0.25) is 23.2 Å². The Labute approximate surface area is 223 Å². The Morgan fingerprint density at radius 1 is 1.13 bits per heavy atom. The van der Waals surface area contributed by atoms with Crippen molar-refractivity contribution in [1.82, 2.24) is 15.1 Å². The van der Waals surface area contributed by atoms with E-state index in [-0.39, 0.29) is 31.2 Å². The van der Waals surface area contributed by atoms with Crippen LogP contribution in [0.4, 0.5) is 13.2 Å². The molecule has 3 amide bonds. The highest BCUT2D eigenvalue weighted by Crippen LogP contribution is 2.52. The normalized spacial score (nSPS) is 28.8. The number of alkyl halides is 3. The van der Waals surface area contributed by atoms with Gasteiger partial charge in [0.25, 0.3) is 5.91 Å². The van der Waals surface area contributed by atoms with Gasteiger partial charge in [-0.3, -0.25) is 24.6 Å². The molecule has 0 saturated carbocycles. The maximum Gasteiger partial charge on any atom is 0.416 e. The number of carbonyl (C=O) groups excluding carboxylic acids is 3. The molecule has 0 radical (unpaired) electrons. The van der Waals surface area contributed by atoms with Gasteiger partial charge in [-0.1, -0.05) is 19.1 Å². The Hall–Kier alpha value is -3.31. The van der Waals surface area contributed by atoms with E-state index in [1.807, 2.05) is 17.6 Å². The number of nitrogens with zero attached hydrogens (tertiary/aromatic N) is 3. The van der Waals surface area contributed by atoms with Crippen LogP contribution in [0.3, 0.4) is 0 Å². The first-order chi connectivity index (χ1) is 18.5. The molecule has 11 heteroatoms. The van der Waals surface area contributed by atoms with E-state index in [0.717, 1.165) is 29.1 Å². The largest absolute Gasteiger partial charge is 0.416 e. The number of carbonyl (C=O) groups is 3. The number of aliphatic hydroxyl groups is 1. The van der Waals surface area contributed by atoms with Gasteiger partial charge in [0.15, 0.2) is 12.1 Å². The molecular weight excluding hydrogens is 513 g/mol. The molecule has 6 rings (SSSR count). The molecule has 3 atom stereocenters. The van der Waals surface area contributed by atoms with Crippen LogP contribution in [0.25, 0.3) is 0 Å². The summed E-state index contributed by atoms with van der Waals surface area (Å²) in [7, 11) is 0. The Kier molecular flexibility index (Phi) is 5.89. The van der Waals surface area contributed by atoms with Crippen molar-refractivity contribution in [3.8, 4) is 0 Å². The minimum Gasteiger partial charge on any atom is -0.378 e. The zero-order valence-electron chi connectivity index (χ0n) is 21.6. The zero-order chi connectivity index (χ0) is 27.7. The maximum absolute atomic E-state index is 13.3. The summed E-state index contributed by atoms with van der Waals surface area (Å²) >= 11 is 0. The van der Waals surface area contributed by atoms with E-state index in [0.29, 0.717) is 44.6 Å². The number of halogens is 3. The maximum atomic E-state index is 13.3. The van der Waals surface area contributed by atoms with Gasteiger partial charge in [-0.05, 0) is 43.0 Å². The number of benzene rings is 1. The zero-order valence-corrected chi connectivity index (χ0v) is 21.6. The van der Waals surface area contributed by atoms with Crippen LogP contribution in [-0.2, 0) is 41.0 Å². The number of aromatic nitrogens is 1. The first-order valence-electron chi connectivity index (χ1n) is 13.3. The molecule has 4 aliphatic rings. The quantitative estimate of drug-likeness (QED) is 0.456. The second-order valence-electron chi connectivity index (χ2n) is 11.2. The minimum atomic E-state index is -4.38. The average molecular weight is 544 g/mol. The molecule has 3 unspecified atom stereocenters. The number of piperidine rings is 2. The van der Waals surface area contributed by atoms with Crippen molar-refractivity contribution < 1.29 is 37.2 Å². The average Bonchev–Trinajstić information content (AvgIpc) is 3.36. The molecule has 2 aromatic rings. The van der Waals surface area contributed by atoms with Gasteiger partial charge in [0, 0.05) is 32.1 Å². The summed E-state index contributed by atoms with van der Waals surface area (Å²) in [5.74, 6) is -1.07. The lowest BCUT2D eigenvalue weighted by Crippen LogP contribution is -2.56. The number of hydrogen-bond acceptors (Lipinski definition) is 5. The Morgan fingerprint density at radius 2 is 1.87 bits per heavy atom. The van der Waals surface area contributed by atoms with Crippen LogP contribution in [0.2, 0.25) is 0 Å². The van der Waals surface area contributed by atoms with Gasteiger partial charge in [-0.25, -0.2) is 0 Å². The molecular formula is C28H30F3N4O4+. The van der Waals surface area contributed by atoms with E-state index in [2.05, 4.69) is 10.2 Å². The first-order valence-corrected chi connectivity index (χ1v) is 13.3. The van der Waals surface area contributed by atoms with Crippen LogP contribution in [0, 0.1) is 5.41 Å². The number of fused-ring (bicyclic) bond motifs is 5. The third kappa shape index (κ3) is 3.97. The molecule has 0 aliphatic carbocycles. The van der Waals surface area contributed by atoms with Crippen LogP contribution < -0.4 is 9.88 Å². The SMILES string of the molecule is CCC12CN(Cc3ccc(C(F)(F)F)cc3)CCC1(O)c1ccc3c([n+]1C2)CN(C1CCC(=O)NC1=O)C3=O. The highest BCUT2D eigenvalue weighted by Gasteiger charge is 2.65. The molecule has 2 fully saturated rings. The van der Waals surface area contributed by atoms with Gasteiger partial charge in [0.05, 0.1) is 11.0 Å². The highest BCUT2D eigenvalue weighted by atomic mass is 19.4. The van der Waals surface area contributed by atoms with Crippen molar-refractivity contribution in [1.29, 1.82) is 0 Å². The minimum absolute atomic E-state index is 0.176. The summed E-state index contributed by atoms with van der Waals surface area (Å²) in [4.78, 5) is 41.1. The summed E-state index contributed by atoms with van der Waals surface area (Å²) in [6, 6.07) is 8.03. The number of pyridine rings is 1. The number of rotatable bonds is 4. The molecule has 0 bridgehead atoms. The van der Waals surface area contributed by atoms with E-state index in [4.69, 9.17) is 0 Å². The number of likely N-dealkylation sites (tertiary alicyclic amines) is 1. The second kappa shape index (κ2) is 8.85.